The molecule has 0 radical (unpaired) electrons. The van der Waals surface area contributed by atoms with Crippen molar-refractivity contribution in [3.8, 4) is 0 Å². The first-order valence-corrected chi connectivity index (χ1v) is 10.4. The summed E-state index contributed by atoms with van der Waals surface area (Å²) in [5, 5.41) is 19.3. The Labute approximate surface area is 187 Å². The molecule has 10 heteroatoms. The normalized spacial score (nSPS) is 14.4. The van der Waals surface area contributed by atoms with Gasteiger partial charge in [0.05, 0.1) is 0 Å². The average Bonchev–Trinajstić information content (AvgIpc) is 2.71. The van der Waals surface area contributed by atoms with E-state index in [4.69, 9.17) is 0 Å². The van der Waals surface area contributed by atoms with E-state index in [9.17, 15) is 29.1 Å². The predicted molar refractivity (Wildman–Crippen MR) is 117 cm³/mol. The first-order chi connectivity index (χ1) is 14.9. The van der Waals surface area contributed by atoms with Gasteiger partial charge in [-0.05, 0) is 25.3 Å². The molecule has 1 aromatic carbocycles. The van der Waals surface area contributed by atoms with Crippen LogP contribution in [0.2, 0.25) is 0 Å². The zero-order valence-corrected chi connectivity index (χ0v) is 19.0. The molecule has 0 heterocycles. The molecule has 0 saturated heterocycles. The lowest BCUT2D eigenvalue weighted by atomic mass is 10.0. The van der Waals surface area contributed by atoms with E-state index in [1.54, 1.807) is 44.2 Å². The number of benzene rings is 1. The van der Waals surface area contributed by atoms with E-state index in [0.29, 0.717) is 0 Å². The van der Waals surface area contributed by atoms with Crippen LogP contribution in [0, 0.1) is 5.92 Å². The Morgan fingerprint density at radius 3 is 1.75 bits per heavy atom. The molecule has 4 amide bonds. The van der Waals surface area contributed by atoms with E-state index >= 15 is 0 Å². The fraction of sp³-hybridized carbons (Fsp3) is 0.500. The predicted octanol–water partition coefficient (Wildman–Crippen LogP) is -0.0314. The highest BCUT2D eigenvalue weighted by Crippen LogP contribution is 2.05. The minimum absolute atomic E-state index is 0.0920. The van der Waals surface area contributed by atoms with Gasteiger partial charge in [0.2, 0.25) is 23.6 Å². The van der Waals surface area contributed by atoms with Crippen molar-refractivity contribution >= 4 is 29.6 Å². The summed E-state index contributed by atoms with van der Waals surface area (Å²) in [5.74, 6) is -3.58. The summed E-state index contributed by atoms with van der Waals surface area (Å²) in [6, 6.07) is 4.86. The molecule has 0 spiro atoms. The van der Waals surface area contributed by atoms with Gasteiger partial charge in [-0.3, -0.25) is 19.2 Å². The average molecular weight is 449 g/mol. The fourth-order valence-electron chi connectivity index (χ4n) is 2.87. The smallest absolute Gasteiger partial charge is 0.326 e. The number of aliphatic carboxylic acids is 1. The second-order valence-corrected chi connectivity index (χ2v) is 7.97. The molecule has 10 nitrogen and oxygen atoms in total. The molecule has 1 rings (SSSR count). The molecule has 0 fully saturated rings. The second kappa shape index (κ2) is 12.4. The Hall–Kier alpha value is -3.43. The summed E-state index contributed by atoms with van der Waals surface area (Å²) in [7, 11) is 0. The zero-order valence-electron chi connectivity index (χ0n) is 19.0. The number of carbonyl (C=O) groups excluding carboxylic acids is 4. The molecule has 0 saturated carbocycles. The second-order valence-electron chi connectivity index (χ2n) is 7.97. The molecule has 1 aromatic rings. The van der Waals surface area contributed by atoms with Crippen LogP contribution in [0.4, 0.5) is 0 Å². The van der Waals surface area contributed by atoms with Gasteiger partial charge in [0, 0.05) is 13.3 Å². The topological polar surface area (TPSA) is 154 Å². The summed E-state index contributed by atoms with van der Waals surface area (Å²) in [4.78, 5) is 60.1. The van der Waals surface area contributed by atoms with Crippen molar-refractivity contribution in [2.24, 2.45) is 5.92 Å². The van der Waals surface area contributed by atoms with Gasteiger partial charge < -0.3 is 26.4 Å². The van der Waals surface area contributed by atoms with Crippen LogP contribution in [-0.4, -0.2) is 58.9 Å². The number of hydrogen-bond donors (Lipinski definition) is 5. The van der Waals surface area contributed by atoms with E-state index in [-0.39, 0.29) is 18.2 Å². The van der Waals surface area contributed by atoms with E-state index in [1.165, 1.54) is 20.8 Å². The summed E-state index contributed by atoms with van der Waals surface area (Å²) in [5.41, 5.74) is 0.743. The molecule has 4 atom stereocenters. The van der Waals surface area contributed by atoms with Gasteiger partial charge >= 0.3 is 5.97 Å². The van der Waals surface area contributed by atoms with Gasteiger partial charge in [0.15, 0.2) is 0 Å². The largest absolute Gasteiger partial charge is 0.480 e. The van der Waals surface area contributed by atoms with Crippen molar-refractivity contribution in [2.75, 3.05) is 0 Å². The molecule has 5 N–H and O–H groups in total. The summed E-state index contributed by atoms with van der Waals surface area (Å²) < 4.78 is 0. The molecule has 0 aromatic heterocycles. The van der Waals surface area contributed by atoms with Crippen LogP contribution >= 0.6 is 0 Å². The summed E-state index contributed by atoms with van der Waals surface area (Å²) in [6.07, 6.45) is 0.0920. The van der Waals surface area contributed by atoms with E-state index in [0.717, 1.165) is 5.56 Å². The third kappa shape index (κ3) is 8.75. The number of rotatable bonds is 11. The van der Waals surface area contributed by atoms with Crippen molar-refractivity contribution in [3.05, 3.63) is 35.9 Å². The van der Waals surface area contributed by atoms with Crippen LogP contribution in [-0.2, 0) is 30.4 Å². The van der Waals surface area contributed by atoms with E-state index in [1.807, 2.05) is 0 Å². The van der Waals surface area contributed by atoms with Gasteiger partial charge in [-0.25, -0.2) is 4.79 Å². The van der Waals surface area contributed by atoms with Crippen LogP contribution in [0.15, 0.2) is 30.3 Å². The number of carbonyl (C=O) groups is 5. The van der Waals surface area contributed by atoms with Crippen molar-refractivity contribution < 1.29 is 29.1 Å². The fourth-order valence-corrected chi connectivity index (χ4v) is 2.87. The van der Waals surface area contributed by atoms with Crippen molar-refractivity contribution in [1.82, 2.24) is 21.3 Å². The number of carboxylic acids is 1. The first kappa shape index (κ1) is 26.6. The monoisotopic (exact) mass is 448 g/mol. The highest BCUT2D eigenvalue weighted by atomic mass is 16.4. The van der Waals surface area contributed by atoms with Crippen LogP contribution < -0.4 is 21.3 Å². The highest BCUT2D eigenvalue weighted by Gasteiger charge is 2.28. The molecule has 32 heavy (non-hydrogen) atoms. The number of nitrogens with one attached hydrogen (secondary N) is 4. The van der Waals surface area contributed by atoms with Gasteiger partial charge in [0.1, 0.15) is 24.2 Å². The minimum Gasteiger partial charge on any atom is -0.480 e. The quantitative estimate of drug-likeness (QED) is 0.320. The summed E-state index contributed by atoms with van der Waals surface area (Å²) in [6.45, 7) is 7.66. The maximum Gasteiger partial charge on any atom is 0.326 e. The Morgan fingerprint density at radius 1 is 0.781 bits per heavy atom. The van der Waals surface area contributed by atoms with E-state index in [2.05, 4.69) is 21.3 Å². The van der Waals surface area contributed by atoms with E-state index < -0.39 is 47.9 Å². The minimum atomic E-state index is -1.20. The highest BCUT2D eigenvalue weighted by molar-refractivity contribution is 5.94. The standard InChI is InChI=1S/C22H32N4O6/c1-12(2)18(25-15(5)27)21(30)24-13(3)19(28)23-14(4)20(29)26-17(22(31)32)11-16-9-7-6-8-10-16/h6-10,12-14,17-18H,11H2,1-5H3,(H,23,28)(H,24,30)(H,25,27)(H,26,29)(H,31,32)/t13-,14-,17-,18-/m0/s1. The van der Waals surface area contributed by atoms with Crippen LogP contribution in [0.3, 0.4) is 0 Å². The molecule has 176 valence electrons. The summed E-state index contributed by atoms with van der Waals surface area (Å²) >= 11 is 0. The lowest BCUT2D eigenvalue weighted by Crippen LogP contribution is -2.57. The lowest BCUT2D eigenvalue weighted by Gasteiger charge is -2.24. The molecule has 0 bridgehead atoms. The van der Waals surface area contributed by atoms with Gasteiger partial charge in [0.25, 0.3) is 0 Å². The molecular formula is C22H32N4O6. The Morgan fingerprint density at radius 2 is 1.28 bits per heavy atom. The van der Waals surface area contributed by atoms with Crippen molar-refractivity contribution in [1.29, 1.82) is 0 Å². The van der Waals surface area contributed by atoms with Gasteiger partial charge in [-0.1, -0.05) is 44.2 Å². The zero-order chi connectivity index (χ0) is 24.4. The van der Waals surface area contributed by atoms with Crippen molar-refractivity contribution in [2.45, 2.75) is 65.2 Å². The Bertz CT molecular complexity index is 827. The maximum absolute atomic E-state index is 12.4. The van der Waals surface area contributed by atoms with Crippen LogP contribution in [0.5, 0.6) is 0 Å². The number of carboxylic acid groups (broad SMARTS) is 1. The third-order valence-corrected chi connectivity index (χ3v) is 4.71. The van der Waals surface area contributed by atoms with Gasteiger partial charge in [-0.2, -0.15) is 0 Å². The Balaban J connectivity index is 2.66. The molecule has 0 aliphatic carbocycles. The molecule has 0 aliphatic heterocycles. The van der Waals surface area contributed by atoms with Crippen LogP contribution in [0.1, 0.15) is 40.2 Å². The van der Waals surface area contributed by atoms with Gasteiger partial charge in [-0.15, -0.1) is 0 Å². The molecular weight excluding hydrogens is 416 g/mol. The van der Waals surface area contributed by atoms with Crippen LogP contribution in [0.25, 0.3) is 0 Å². The number of amides is 4. The lowest BCUT2D eigenvalue weighted by molar-refractivity contribution is -0.142. The molecule has 0 unspecified atom stereocenters. The Kier molecular flexibility index (Phi) is 10.3. The maximum atomic E-state index is 12.4. The van der Waals surface area contributed by atoms with Crippen molar-refractivity contribution in [3.63, 3.8) is 0 Å². The number of hydrogen-bond acceptors (Lipinski definition) is 5. The SMILES string of the molecule is CC(=O)N[C@H](C(=O)N[C@@H](C)C(=O)N[C@@H](C)C(=O)N[C@@H](Cc1ccccc1)C(=O)O)C(C)C. The first-order valence-electron chi connectivity index (χ1n) is 10.4. The molecule has 0 aliphatic rings. The third-order valence-electron chi connectivity index (χ3n) is 4.71.